The molecule has 25 heavy (non-hydrogen) atoms. The first-order valence-electron chi connectivity index (χ1n) is 9.02. The lowest BCUT2D eigenvalue weighted by atomic mass is 9.90. The van der Waals surface area contributed by atoms with E-state index < -0.39 is 6.10 Å². The average Bonchev–Trinajstić information content (AvgIpc) is 2.64. The van der Waals surface area contributed by atoms with Gasteiger partial charge in [-0.2, -0.15) is 0 Å². The fourth-order valence-corrected chi connectivity index (χ4v) is 3.39. The van der Waals surface area contributed by atoms with Crippen molar-refractivity contribution in [2.75, 3.05) is 26.2 Å². The van der Waals surface area contributed by atoms with Crippen LogP contribution in [0.25, 0.3) is 0 Å². The van der Waals surface area contributed by atoms with E-state index >= 15 is 0 Å². The van der Waals surface area contributed by atoms with E-state index in [1.807, 2.05) is 0 Å². The Hall–Kier alpha value is -1.91. The van der Waals surface area contributed by atoms with Gasteiger partial charge >= 0.3 is 0 Å². The minimum Gasteiger partial charge on any atom is -0.491 e. The Morgan fingerprint density at radius 1 is 1.04 bits per heavy atom. The van der Waals surface area contributed by atoms with Crippen molar-refractivity contribution >= 4 is 0 Å². The molecule has 0 spiro atoms. The molecule has 1 aliphatic heterocycles. The second-order valence-electron chi connectivity index (χ2n) is 6.85. The van der Waals surface area contributed by atoms with Crippen LogP contribution in [0.4, 0.5) is 4.39 Å². The largest absolute Gasteiger partial charge is 0.491 e. The quantitative estimate of drug-likeness (QED) is 0.835. The summed E-state index contributed by atoms with van der Waals surface area (Å²) in [6, 6.07) is 16.5. The Morgan fingerprint density at radius 3 is 2.40 bits per heavy atom. The van der Waals surface area contributed by atoms with E-state index in [2.05, 4.69) is 35.2 Å². The van der Waals surface area contributed by atoms with Gasteiger partial charge in [0.1, 0.15) is 24.3 Å². The number of aliphatic hydroxyl groups is 1. The second-order valence-corrected chi connectivity index (χ2v) is 6.85. The van der Waals surface area contributed by atoms with Crippen molar-refractivity contribution < 1.29 is 14.2 Å². The van der Waals surface area contributed by atoms with Crippen molar-refractivity contribution in [3.05, 3.63) is 66.0 Å². The lowest BCUT2D eigenvalue weighted by Crippen LogP contribution is -2.41. The highest BCUT2D eigenvalue weighted by molar-refractivity contribution is 5.22. The number of piperidine rings is 1. The molecule has 0 aromatic heterocycles. The van der Waals surface area contributed by atoms with Gasteiger partial charge in [-0.1, -0.05) is 30.3 Å². The molecule has 1 fully saturated rings. The van der Waals surface area contributed by atoms with Crippen LogP contribution in [-0.4, -0.2) is 42.4 Å². The van der Waals surface area contributed by atoms with Crippen LogP contribution in [0.1, 0.15) is 18.4 Å². The number of aliphatic hydroxyl groups excluding tert-OH is 1. The Morgan fingerprint density at radius 2 is 1.72 bits per heavy atom. The van der Waals surface area contributed by atoms with E-state index in [1.165, 1.54) is 30.5 Å². The molecule has 0 unspecified atom stereocenters. The standard InChI is InChI=1S/C21H26FNO2/c22-19-6-8-21(9-7-19)25-16-20(24)15-23-12-10-18(11-13-23)14-17-4-2-1-3-5-17/h1-9,18,20,24H,10-16H2/t20-/m0/s1. The van der Waals surface area contributed by atoms with E-state index in [0.717, 1.165) is 25.4 Å². The van der Waals surface area contributed by atoms with Gasteiger partial charge in [0.05, 0.1) is 0 Å². The Kier molecular flexibility index (Phi) is 6.42. The molecular weight excluding hydrogens is 317 g/mol. The summed E-state index contributed by atoms with van der Waals surface area (Å²) < 4.78 is 18.4. The lowest BCUT2D eigenvalue weighted by Gasteiger charge is -2.33. The van der Waals surface area contributed by atoms with Gasteiger partial charge in [0.2, 0.25) is 0 Å². The normalized spacial score (nSPS) is 17.4. The van der Waals surface area contributed by atoms with Crippen LogP contribution in [0, 0.1) is 11.7 Å². The van der Waals surface area contributed by atoms with Crippen molar-refractivity contribution in [2.45, 2.75) is 25.4 Å². The van der Waals surface area contributed by atoms with Crippen LogP contribution < -0.4 is 4.74 Å². The second kappa shape index (κ2) is 8.97. The van der Waals surface area contributed by atoms with Gasteiger partial charge in [-0.05, 0) is 68.1 Å². The minimum atomic E-state index is -0.532. The smallest absolute Gasteiger partial charge is 0.123 e. The summed E-state index contributed by atoms with van der Waals surface area (Å²) in [6.45, 7) is 2.89. The first-order chi connectivity index (χ1) is 12.2. The highest BCUT2D eigenvalue weighted by Gasteiger charge is 2.21. The molecule has 1 atom stereocenters. The highest BCUT2D eigenvalue weighted by Crippen LogP contribution is 2.21. The molecule has 0 aliphatic carbocycles. The zero-order valence-electron chi connectivity index (χ0n) is 14.5. The van der Waals surface area contributed by atoms with Crippen LogP contribution >= 0.6 is 0 Å². The van der Waals surface area contributed by atoms with E-state index in [9.17, 15) is 9.50 Å². The number of β-amino-alcohol motifs (C(OH)–C–C–N with tert-alkyl or cyclic N) is 1. The minimum absolute atomic E-state index is 0.232. The lowest BCUT2D eigenvalue weighted by molar-refractivity contribution is 0.0550. The van der Waals surface area contributed by atoms with Gasteiger partial charge in [0, 0.05) is 6.54 Å². The maximum atomic E-state index is 12.9. The van der Waals surface area contributed by atoms with Crippen molar-refractivity contribution in [3.8, 4) is 5.75 Å². The van der Waals surface area contributed by atoms with Crippen molar-refractivity contribution in [1.29, 1.82) is 0 Å². The maximum absolute atomic E-state index is 12.9. The van der Waals surface area contributed by atoms with E-state index in [-0.39, 0.29) is 12.4 Å². The van der Waals surface area contributed by atoms with Gasteiger partial charge < -0.3 is 14.7 Å². The van der Waals surface area contributed by atoms with Crippen LogP contribution in [0.5, 0.6) is 5.75 Å². The topological polar surface area (TPSA) is 32.7 Å². The van der Waals surface area contributed by atoms with Crippen LogP contribution in [-0.2, 0) is 6.42 Å². The van der Waals surface area contributed by atoms with Crippen molar-refractivity contribution in [1.82, 2.24) is 4.90 Å². The average molecular weight is 343 g/mol. The van der Waals surface area contributed by atoms with Gasteiger partial charge in [-0.25, -0.2) is 4.39 Å². The zero-order valence-corrected chi connectivity index (χ0v) is 14.5. The molecular formula is C21H26FNO2. The molecule has 2 aromatic rings. The first-order valence-corrected chi connectivity index (χ1v) is 9.02. The molecule has 0 radical (unpaired) electrons. The highest BCUT2D eigenvalue weighted by atomic mass is 19.1. The fourth-order valence-electron chi connectivity index (χ4n) is 3.39. The van der Waals surface area contributed by atoms with E-state index in [4.69, 9.17) is 4.74 Å². The molecule has 1 aliphatic rings. The predicted octanol–water partition coefficient (Wildman–Crippen LogP) is 3.52. The Bertz CT molecular complexity index is 624. The van der Waals surface area contributed by atoms with Crippen molar-refractivity contribution in [3.63, 3.8) is 0 Å². The fraction of sp³-hybridized carbons (Fsp3) is 0.429. The maximum Gasteiger partial charge on any atom is 0.123 e. The molecule has 1 N–H and O–H groups in total. The number of hydrogen-bond acceptors (Lipinski definition) is 3. The molecule has 3 rings (SSSR count). The summed E-state index contributed by atoms with van der Waals surface area (Å²) >= 11 is 0. The summed E-state index contributed by atoms with van der Waals surface area (Å²) in [5.74, 6) is 1.03. The third-order valence-corrected chi connectivity index (χ3v) is 4.80. The summed E-state index contributed by atoms with van der Waals surface area (Å²) in [4.78, 5) is 2.31. The third-order valence-electron chi connectivity index (χ3n) is 4.80. The van der Waals surface area contributed by atoms with Crippen molar-refractivity contribution in [2.24, 2.45) is 5.92 Å². The molecule has 0 bridgehead atoms. The van der Waals surface area contributed by atoms with Crippen LogP contribution in [0.2, 0.25) is 0 Å². The summed E-state index contributed by atoms with van der Waals surface area (Å²) in [5, 5.41) is 10.2. The third kappa shape index (κ3) is 5.83. The number of ether oxygens (including phenoxy) is 1. The summed E-state index contributed by atoms with van der Waals surface area (Å²) in [7, 11) is 0. The van der Waals surface area contributed by atoms with Crippen LogP contribution in [0.15, 0.2) is 54.6 Å². The van der Waals surface area contributed by atoms with Gasteiger partial charge in [0.25, 0.3) is 0 Å². The summed E-state index contributed by atoms with van der Waals surface area (Å²) in [6.07, 6.45) is 2.95. The molecule has 0 saturated carbocycles. The Labute approximate surface area is 149 Å². The molecule has 1 saturated heterocycles. The molecule has 2 aromatic carbocycles. The first kappa shape index (κ1) is 17.9. The summed E-state index contributed by atoms with van der Waals surface area (Å²) in [5.41, 5.74) is 1.41. The molecule has 1 heterocycles. The molecule has 0 amide bonds. The monoisotopic (exact) mass is 343 g/mol. The number of nitrogens with zero attached hydrogens (tertiary/aromatic N) is 1. The van der Waals surface area contributed by atoms with Gasteiger partial charge in [-0.3, -0.25) is 0 Å². The predicted molar refractivity (Wildman–Crippen MR) is 97.2 cm³/mol. The number of rotatable bonds is 7. The number of hydrogen-bond donors (Lipinski definition) is 1. The van der Waals surface area contributed by atoms with Gasteiger partial charge in [-0.15, -0.1) is 0 Å². The van der Waals surface area contributed by atoms with E-state index in [1.54, 1.807) is 12.1 Å². The van der Waals surface area contributed by atoms with Crippen LogP contribution in [0.3, 0.4) is 0 Å². The zero-order chi connectivity index (χ0) is 17.5. The van der Waals surface area contributed by atoms with E-state index in [0.29, 0.717) is 12.3 Å². The van der Waals surface area contributed by atoms with Gasteiger partial charge in [0.15, 0.2) is 0 Å². The number of likely N-dealkylation sites (tertiary alicyclic amines) is 1. The molecule has 134 valence electrons. The molecule has 4 heteroatoms. The number of halogens is 1. The SMILES string of the molecule is O[C@H](COc1ccc(F)cc1)CN1CCC(Cc2ccccc2)CC1. The number of benzene rings is 2. The molecule has 3 nitrogen and oxygen atoms in total. The Balaban J connectivity index is 1.36.